The molecule has 2 heterocycles. The summed E-state index contributed by atoms with van der Waals surface area (Å²) in [6.07, 6.45) is 0.802. The van der Waals surface area contributed by atoms with E-state index in [1.165, 1.54) is 16.8 Å². The zero-order valence-electron chi connectivity index (χ0n) is 12.0. The van der Waals surface area contributed by atoms with Gasteiger partial charge in [0.2, 0.25) is 0 Å². The van der Waals surface area contributed by atoms with Crippen LogP contribution in [0.3, 0.4) is 0 Å². The molecule has 0 aliphatic carbocycles. The van der Waals surface area contributed by atoms with Crippen molar-refractivity contribution in [2.75, 3.05) is 11.9 Å². The highest BCUT2D eigenvalue weighted by Crippen LogP contribution is 2.35. The fourth-order valence-corrected chi connectivity index (χ4v) is 2.97. The summed E-state index contributed by atoms with van der Waals surface area (Å²) in [7, 11) is 0. The molecular formula is C17H12ClF2N3. The Morgan fingerprint density at radius 3 is 2.61 bits per heavy atom. The van der Waals surface area contributed by atoms with E-state index in [0.29, 0.717) is 5.02 Å². The molecule has 0 fully saturated rings. The number of nitrogens with one attached hydrogen (secondary N) is 1. The Labute approximate surface area is 136 Å². The van der Waals surface area contributed by atoms with Crippen LogP contribution < -0.4 is 5.32 Å². The summed E-state index contributed by atoms with van der Waals surface area (Å²) in [5.41, 5.74) is 2.94. The standard InChI is InChI=1S/C17H12ClF2N3/c18-11-3-1-10(2-4-11)16-13-7-8-21-17(13)23(22-16)15-6-5-12(19)9-14(15)20/h1-6,9,21H,7-8H2. The highest BCUT2D eigenvalue weighted by Gasteiger charge is 2.25. The van der Waals surface area contributed by atoms with Crippen molar-refractivity contribution in [3.05, 3.63) is 64.7 Å². The lowest BCUT2D eigenvalue weighted by atomic mass is 10.1. The maximum absolute atomic E-state index is 14.1. The first-order valence-corrected chi connectivity index (χ1v) is 7.58. The number of fused-ring (bicyclic) bond motifs is 1. The van der Waals surface area contributed by atoms with Crippen molar-refractivity contribution in [1.82, 2.24) is 9.78 Å². The van der Waals surface area contributed by atoms with Crippen LogP contribution in [-0.4, -0.2) is 16.3 Å². The molecule has 0 spiro atoms. The minimum Gasteiger partial charge on any atom is -0.369 e. The van der Waals surface area contributed by atoms with E-state index in [1.807, 2.05) is 12.1 Å². The van der Waals surface area contributed by atoms with Gasteiger partial charge in [-0.05, 0) is 30.7 Å². The van der Waals surface area contributed by atoms with Gasteiger partial charge in [-0.25, -0.2) is 13.5 Å². The van der Waals surface area contributed by atoms with Crippen molar-refractivity contribution in [3.8, 4) is 16.9 Å². The SMILES string of the molecule is Fc1ccc(-n2nc(-c3ccc(Cl)cc3)c3c2NCC3)c(F)c1. The lowest BCUT2D eigenvalue weighted by Gasteiger charge is -2.07. The quantitative estimate of drug-likeness (QED) is 0.752. The molecule has 1 aliphatic heterocycles. The minimum absolute atomic E-state index is 0.220. The van der Waals surface area contributed by atoms with E-state index in [2.05, 4.69) is 10.4 Å². The molecular weight excluding hydrogens is 320 g/mol. The third-order valence-electron chi connectivity index (χ3n) is 3.91. The summed E-state index contributed by atoms with van der Waals surface area (Å²) in [6, 6.07) is 10.8. The van der Waals surface area contributed by atoms with E-state index < -0.39 is 11.6 Å². The Hall–Kier alpha value is -2.40. The molecule has 0 atom stereocenters. The second-order valence-electron chi connectivity index (χ2n) is 5.37. The molecule has 0 unspecified atom stereocenters. The maximum Gasteiger partial charge on any atom is 0.151 e. The van der Waals surface area contributed by atoms with Crippen LogP contribution >= 0.6 is 11.6 Å². The fourth-order valence-electron chi connectivity index (χ4n) is 2.84. The van der Waals surface area contributed by atoms with Gasteiger partial charge >= 0.3 is 0 Å². The van der Waals surface area contributed by atoms with Crippen molar-refractivity contribution < 1.29 is 8.78 Å². The van der Waals surface area contributed by atoms with Crippen LogP contribution in [0.4, 0.5) is 14.6 Å². The molecule has 116 valence electrons. The van der Waals surface area contributed by atoms with Gasteiger partial charge in [0.1, 0.15) is 17.3 Å². The Balaban J connectivity index is 1.89. The van der Waals surface area contributed by atoms with Gasteiger partial charge in [-0.3, -0.25) is 0 Å². The topological polar surface area (TPSA) is 29.9 Å². The molecule has 3 aromatic rings. The Kier molecular flexibility index (Phi) is 3.31. The van der Waals surface area contributed by atoms with Crippen LogP contribution in [0.25, 0.3) is 16.9 Å². The second kappa shape index (κ2) is 5.35. The van der Waals surface area contributed by atoms with E-state index in [1.54, 1.807) is 12.1 Å². The van der Waals surface area contributed by atoms with Crippen LogP contribution in [0, 0.1) is 11.6 Å². The molecule has 1 N–H and O–H groups in total. The normalized spacial score (nSPS) is 13.0. The van der Waals surface area contributed by atoms with Crippen LogP contribution in [0.5, 0.6) is 0 Å². The van der Waals surface area contributed by atoms with Gasteiger partial charge in [0.05, 0.1) is 5.69 Å². The Bertz CT molecular complexity index is 888. The van der Waals surface area contributed by atoms with Crippen LogP contribution in [-0.2, 0) is 6.42 Å². The van der Waals surface area contributed by atoms with Gasteiger partial charge in [-0.15, -0.1) is 0 Å². The lowest BCUT2D eigenvalue weighted by Crippen LogP contribution is -2.06. The molecule has 1 aromatic heterocycles. The molecule has 0 bridgehead atoms. The molecule has 0 amide bonds. The van der Waals surface area contributed by atoms with E-state index in [0.717, 1.165) is 41.7 Å². The van der Waals surface area contributed by atoms with Crippen molar-refractivity contribution >= 4 is 17.4 Å². The Morgan fingerprint density at radius 2 is 1.87 bits per heavy atom. The molecule has 0 radical (unpaired) electrons. The van der Waals surface area contributed by atoms with Gasteiger partial charge in [0.25, 0.3) is 0 Å². The third-order valence-corrected chi connectivity index (χ3v) is 4.16. The summed E-state index contributed by atoms with van der Waals surface area (Å²) in [4.78, 5) is 0. The number of anilines is 1. The zero-order chi connectivity index (χ0) is 16.0. The zero-order valence-corrected chi connectivity index (χ0v) is 12.7. The monoisotopic (exact) mass is 331 g/mol. The van der Waals surface area contributed by atoms with E-state index >= 15 is 0 Å². The summed E-state index contributed by atoms with van der Waals surface area (Å²) >= 11 is 5.93. The third kappa shape index (κ3) is 2.37. The molecule has 0 saturated carbocycles. The molecule has 4 rings (SSSR count). The van der Waals surface area contributed by atoms with Gasteiger partial charge in [-0.1, -0.05) is 23.7 Å². The van der Waals surface area contributed by atoms with Gasteiger partial charge in [0, 0.05) is 28.8 Å². The Morgan fingerprint density at radius 1 is 1.09 bits per heavy atom. The first-order chi connectivity index (χ1) is 11.1. The van der Waals surface area contributed by atoms with Crippen molar-refractivity contribution in [2.45, 2.75) is 6.42 Å². The summed E-state index contributed by atoms with van der Waals surface area (Å²) in [6.45, 7) is 0.761. The number of benzene rings is 2. The van der Waals surface area contributed by atoms with E-state index in [4.69, 9.17) is 11.6 Å². The average molecular weight is 332 g/mol. The van der Waals surface area contributed by atoms with Gasteiger partial charge < -0.3 is 5.32 Å². The second-order valence-corrected chi connectivity index (χ2v) is 5.80. The minimum atomic E-state index is -0.647. The molecule has 0 saturated heterocycles. The number of aromatic nitrogens is 2. The van der Waals surface area contributed by atoms with Crippen LogP contribution in [0.2, 0.25) is 5.02 Å². The van der Waals surface area contributed by atoms with E-state index in [9.17, 15) is 8.78 Å². The van der Waals surface area contributed by atoms with Crippen molar-refractivity contribution in [1.29, 1.82) is 0 Å². The first kappa shape index (κ1) is 14.2. The van der Waals surface area contributed by atoms with Crippen LogP contribution in [0.1, 0.15) is 5.56 Å². The van der Waals surface area contributed by atoms with Gasteiger partial charge in [0.15, 0.2) is 5.82 Å². The smallest absolute Gasteiger partial charge is 0.151 e. The summed E-state index contributed by atoms with van der Waals surface area (Å²) < 4.78 is 28.8. The number of halogens is 3. The number of rotatable bonds is 2. The number of hydrogen-bond donors (Lipinski definition) is 1. The van der Waals surface area contributed by atoms with Crippen molar-refractivity contribution in [3.63, 3.8) is 0 Å². The van der Waals surface area contributed by atoms with E-state index in [-0.39, 0.29) is 5.69 Å². The molecule has 1 aliphatic rings. The predicted molar refractivity (Wildman–Crippen MR) is 86.1 cm³/mol. The molecule has 2 aromatic carbocycles. The predicted octanol–water partition coefficient (Wildman–Crippen LogP) is 4.44. The molecule has 23 heavy (non-hydrogen) atoms. The molecule has 3 nitrogen and oxygen atoms in total. The highest BCUT2D eigenvalue weighted by molar-refractivity contribution is 6.30. The largest absolute Gasteiger partial charge is 0.369 e. The molecule has 6 heteroatoms. The summed E-state index contributed by atoms with van der Waals surface area (Å²) in [5, 5.41) is 8.41. The number of nitrogens with zero attached hydrogens (tertiary/aromatic N) is 2. The summed E-state index contributed by atoms with van der Waals surface area (Å²) in [5.74, 6) is -0.506. The maximum atomic E-state index is 14.1. The lowest BCUT2D eigenvalue weighted by molar-refractivity contribution is 0.574. The fraction of sp³-hybridized carbons (Fsp3) is 0.118. The average Bonchev–Trinajstić information content (AvgIpc) is 3.11. The van der Waals surface area contributed by atoms with Gasteiger partial charge in [-0.2, -0.15) is 5.10 Å². The number of hydrogen-bond acceptors (Lipinski definition) is 2. The van der Waals surface area contributed by atoms with Crippen LogP contribution in [0.15, 0.2) is 42.5 Å². The van der Waals surface area contributed by atoms with Crippen molar-refractivity contribution in [2.24, 2.45) is 0 Å². The highest BCUT2D eigenvalue weighted by atomic mass is 35.5. The first-order valence-electron chi connectivity index (χ1n) is 7.20.